The normalized spacial score (nSPS) is 22.0. The molecule has 0 aliphatic carbocycles. The first-order chi connectivity index (χ1) is 22.6. The largest absolute Gasteiger partial charge is 0.497 e. The van der Waals surface area contributed by atoms with E-state index in [2.05, 4.69) is 32.2 Å². The number of methoxy groups -OCH3 is 1. The van der Waals surface area contributed by atoms with Crippen molar-refractivity contribution in [1.29, 1.82) is 0 Å². The molecule has 2 heterocycles. The summed E-state index contributed by atoms with van der Waals surface area (Å²) in [5.74, 6) is 0.178. The van der Waals surface area contributed by atoms with Crippen molar-refractivity contribution in [2.24, 2.45) is 5.92 Å². The first-order valence-corrected chi connectivity index (χ1v) is 19.5. The van der Waals surface area contributed by atoms with E-state index in [1.165, 1.54) is 5.19 Å². The van der Waals surface area contributed by atoms with E-state index in [1.807, 2.05) is 84.9 Å². The molecule has 2 aliphatic rings. The minimum absolute atomic E-state index is 0.0741. The van der Waals surface area contributed by atoms with Crippen molar-refractivity contribution >= 4 is 48.1 Å². The van der Waals surface area contributed by atoms with Gasteiger partial charge in [0.25, 0.3) is 5.91 Å². The Labute approximate surface area is 282 Å². The molecule has 6 rings (SSSR count). The number of carbonyl (C=O) groups is 2. The summed E-state index contributed by atoms with van der Waals surface area (Å²) in [4.78, 5) is 32.5. The second-order valence-electron chi connectivity index (χ2n) is 13.0. The zero-order chi connectivity index (χ0) is 33.3. The summed E-state index contributed by atoms with van der Waals surface area (Å²) in [6.07, 6.45) is -0.491. The molecule has 9 heteroatoms. The van der Waals surface area contributed by atoms with Crippen LogP contribution < -0.4 is 14.8 Å². The zero-order valence-corrected chi connectivity index (χ0v) is 29.0. The number of ether oxygens (including phenoxy) is 2. The number of para-hydroxylation sites is 1. The number of halogens is 1. The summed E-state index contributed by atoms with van der Waals surface area (Å²) < 4.78 is 12.6. The van der Waals surface area contributed by atoms with Gasteiger partial charge in [0.15, 0.2) is 5.60 Å². The van der Waals surface area contributed by atoms with E-state index in [0.717, 1.165) is 28.3 Å². The molecule has 0 unspecified atom stereocenters. The number of rotatable bonds is 10. The molecule has 0 aromatic heterocycles. The van der Waals surface area contributed by atoms with Gasteiger partial charge in [-0.1, -0.05) is 97.5 Å². The van der Waals surface area contributed by atoms with Crippen LogP contribution in [-0.2, 0) is 26.5 Å². The van der Waals surface area contributed by atoms with Gasteiger partial charge < -0.3 is 19.5 Å². The Bertz CT molecular complexity index is 1740. The number of aliphatic hydroxyl groups is 1. The van der Waals surface area contributed by atoms with Gasteiger partial charge in [-0.2, -0.15) is 0 Å². The average Bonchev–Trinajstić information content (AvgIpc) is 3.51. The minimum Gasteiger partial charge on any atom is -0.497 e. The monoisotopic (exact) mass is 668 g/mol. The van der Waals surface area contributed by atoms with Crippen LogP contribution in [-0.4, -0.2) is 56.3 Å². The number of hydrogen-bond donors (Lipinski definition) is 1. The lowest BCUT2D eigenvalue weighted by molar-refractivity contribution is -0.149. The third-order valence-corrected chi connectivity index (χ3v) is 14.6. The van der Waals surface area contributed by atoms with Crippen LogP contribution in [0.5, 0.6) is 5.75 Å². The lowest BCUT2D eigenvalue weighted by atomic mass is 9.82. The molecule has 47 heavy (non-hydrogen) atoms. The Hall–Kier alpha value is -3.95. The molecule has 2 aliphatic heterocycles. The third-order valence-electron chi connectivity index (χ3n) is 10.0. The molecule has 244 valence electrons. The molecule has 4 atom stereocenters. The molecule has 4 aromatic carbocycles. The van der Waals surface area contributed by atoms with Crippen LogP contribution in [0.1, 0.15) is 24.5 Å². The van der Waals surface area contributed by atoms with E-state index < -0.39 is 19.8 Å². The second-order valence-corrected chi connectivity index (χ2v) is 18.1. The first kappa shape index (κ1) is 33.0. The Kier molecular flexibility index (Phi) is 9.31. The second kappa shape index (κ2) is 13.3. The van der Waals surface area contributed by atoms with Crippen molar-refractivity contribution in [1.82, 2.24) is 4.90 Å². The first-order valence-electron chi connectivity index (χ1n) is 16.1. The fourth-order valence-corrected chi connectivity index (χ4v) is 11.9. The highest BCUT2D eigenvalue weighted by molar-refractivity contribution is 6.91. The minimum atomic E-state index is -2.47. The van der Waals surface area contributed by atoms with Crippen molar-refractivity contribution in [2.75, 3.05) is 25.2 Å². The zero-order valence-electron chi connectivity index (χ0n) is 27.2. The number of anilines is 2. The van der Waals surface area contributed by atoms with E-state index in [0.29, 0.717) is 11.6 Å². The maximum atomic E-state index is 14.9. The quantitative estimate of drug-likeness (QED) is 0.191. The van der Waals surface area contributed by atoms with Crippen molar-refractivity contribution in [2.45, 2.75) is 50.2 Å². The molecule has 7 nitrogen and oxygen atoms in total. The topological polar surface area (TPSA) is 79.3 Å². The molecule has 0 bridgehead atoms. The van der Waals surface area contributed by atoms with E-state index >= 15 is 0 Å². The van der Waals surface area contributed by atoms with E-state index in [1.54, 1.807) is 23.0 Å². The molecule has 0 radical (unpaired) electrons. The summed E-state index contributed by atoms with van der Waals surface area (Å²) >= 11 is 6.63. The molecule has 2 amide bonds. The summed E-state index contributed by atoms with van der Waals surface area (Å²) in [5, 5.41) is 11.6. The van der Waals surface area contributed by atoms with Crippen molar-refractivity contribution < 1.29 is 24.2 Å². The summed E-state index contributed by atoms with van der Waals surface area (Å²) in [6, 6.07) is 33.0. The van der Waals surface area contributed by atoms with Gasteiger partial charge in [-0.05, 0) is 53.6 Å². The molecular formula is C38H41ClN2O5Si. The summed E-state index contributed by atoms with van der Waals surface area (Å²) in [6.45, 7) is 7.09. The third kappa shape index (κ3) is 5.88. The smallest absolute Gasteiger partial charge is 0.268 e. The predicted octanol–water partition coefficient (Wildman–Crippen LogP) is 6.65. The van der Waals surface area contributed by atoms with E-state index in [-0.39, 0.29) is 42.8 Å². The van der Waals surface area contributed by atoms with Crippen LogP contribution in [0.3, 0.4) is 0 Å². The summed E-state index contributed by atoms with van der Waals surface area (Å²) in [5.41, 5.74) is 1.71. The van der Waals surface area contributed by atoms with Crippen LogP contribution in [0.4, 0.5) is 11.4 Å². The van der Waals surface area contributed by atoms with Gasteiger partial charge in [0, 0.05) is 35.3 Å². The number of nitrogens with zero attached hydrogens (tertiary/aromatic N) is 2. The highest BCUT2D eigenvalue weighted by Gasteiger charge is 2.66. The van der Waals surface area contributed by atoms with Gasteiger partial charge in [-0.15, -0.1) is 0 Å². The van der Waals surface area contributed by atoms with Crippen LogP contribution in [0.25, 0.3) is 0 Å². The van der Waals surface area contributed by atoms with Gasteiger partial charge in [0.05, 0.1) is 40.0 Å². The fourth-order valence-electron chi connectivity index (χ4n) is 7.76. The van der Waals surface area contributed by atoms with Crippen LogP contribution >= 0.6 is 11.6 Å². The van der Waals surface area contributed by atoms with Crippen molar-refractivity contribution in [3.05, 3.63) is 119 Å². The fraction of sp³-hybridized carbons (Fsp3) is 0.316. The Morgan fingerprint density at radius 1 is 1.00 bits per heavy atom. The Balaban J connectivity index is 1.45. The van der Waals surface area contributed by atoms with Crippen LogP contribution in [0.2, 0.25) is 23.7 Å². The van der Waals surface area contributed by atoms with Gasteiger partial charge in [0.1, 0.15) is 5.75 Å². The molecule has 1 N–H and O–H groups in total. The molecular weight excluding hydrogens is 628 g/mol. The maximum Gasteiger partial charge on any atom is 0.268 e. The standard InChI is InChI=1S/C38H41ClN2O5Si/c1-26-36(47(3,4)31-18-16-30(45-2)17-19-31)34(24-35(43)40(21-22-42)25-27-11-7-5-8-12-27)46-38(26)32-23-28(39)15-20-33(32)41(37(38)44)29-13-9-6-10-14-29/h5-20,23,26,34,36,42H,21-22,24-25H2,1-4H3/t26-,34+,36-,38+/m1/s1. The number of carbonyl (C=O) groups excluding carboxylic acids is 2. The van der Waals surface area contributed by atoms with Gasteiger partial charge >= 0.3 is 0 Å². The SMILES string of the molecule is COc1ccc([Si](C)(C)[C@H]2[C@H](CC(=O)N(CCO)Cc3ccccc3)O[C@@]3(C(=O)N(c4ccccc4)c4ccc(Cl)cc43)[C@@H]2C)cc1. The predicted molar refractivity (Wildman–Crippen MR) is 188 cm³/mol. The number of benzene rings is 4. The molecule has 1 saturated heterocycles. The molecule has 1 spiro atoms. The highest BCUT2D eigenvalue weighted by atomic mass is 35.5. The van der Waals surface area contributed by atoms with Crippen LogP contribution in [0, 0.1) is 5.92 Å². The average molecular weight is 669 g/mol. The number of aliphatic hydroxyl groups excluding tert-OH is 1. The maximum absolute atomic E-state index is 14.9. The van der Waals surface area contributed by atoms with Gasteiger partial charge in [0.2, 0.25) is 5.91 Å². The molecule has 4 aromatic rings. The highest BCUT2D eigenvalue weighted by Crippen LogP contribution is 2.61. The van der Waals surface area contributed by atoms with Crippen molar-refractivity contribution in [3.63, 3.8) is 0 Å². The van der Waals surface area contributed by atoms with E-state index in [9.17, 15) is 14.7 Å². The lowest BCUT2D eigenvalue weighted by Gasteiger charge is -2.37. The Morgan fingerprint density at radius 2 is 1.66 bits per heavy atom. The van der Waals surface area contributed by atoms with Crippen LogP contribution in [0.15, 0.2) is 103 Å². The number of hydrogen-bond acceptors (Lipinski definition) is 5. The number of fused-ring (bicyclic) bond motifs is 2. The lowest BCUT2D eigenvalue weighted by Crippen LogP contribution is -2.52. The number of amides is 2. The summed E-state index contributed by atoms with van der Waals surface area (Å²) in [7, 11) is -0.817. The van der Waals surface area contributed by atoms with Crippen molar-refractivity contribution in [3.8, 4) is 5.75 Å². The van der Waals surface area contributed by atoms with Gasteiger partial charge in [-0.3, -0.25) is 14.5 Å². The molecule has 0 saturated carbocycles. The van der Waals surface area contributed by atoms with E-state index in [4.69, 9.17) is 21.1 Å². The molecule has 1 fully saturated rings. The Morgan fingerprint density at radius 3 is 2.30 bits per heavy atom. The van der Waals surface area contributed by atoms with Gasteiger partial charge in [-0.25, -0.2) is 0 Å².